The summed E-state index contributed by atoms with van der Waals surface area (Å²) in [6, 6.07) is 1.64. The maximum Gasteiger partial charge on any atom is 0.255 e. The number of nitrogens with one attached hydrogen (secondary N) is 1. The molecule has 1 amide bonds. The number of aromatic nitrogens is 2. The molecule has 0 radical (unpaired) electrons. The van der Waals surface area contributed by atoms with Gasteiger partial charge in [-0.15, -0.1) is 11.3 Å². The van der Waals surface area contributed by atoms with Gasteiger partial charge in [0.05, 0.1) is 11.1 Å². The number of hydrogen-bond acceptors (Lipinski definition) is 4. The van der Waals surface area contributed by atoms with Crippen molar-refractivity contribution in [1.82, 2.24) is 15.3 Å². The number of thiazole rings is 1. The van der Waals surface area contributed by atoms with Crippen molar-refractivity contribution in [1.29, 1.82) is 0 Å². The molecule has 0 atom stereocenters. The summed E-state index contributed by atoms with van der Waals surface area (Å²) in [4.78, 5) is 20.4. The number of halogens is 2. The van der Waals surface area contributed by atoms with Gasteiger partial charge in [-0.2, -0.15) is 0 Å². The highest BCUT2D eigenvalue weighted by atomic mass is 79.9. The molecular formula is C12H11BrClN3OS. The molecule has 0 aromatic carbocycles. The first-order valence-corrected chi connectivity index (χ1v) is 7.49. The van der Waals surface area contributed by atoms with Gasteiger partial charge in [0.2, 0.25) is 0 Å². The minimum absolute atomic E-state index is 0.177. The van der Waals surface area contributed by atoms with Gasteiger partial charge >= 0.3 is 0 Å². The Bertz CT molecular complexity index is 601. The first-order chi connectivity index (χ1) is 8.90. The summed E-state index contributed by atoms with van der Waals surface area (Å²) in [6.45, 7) is 3.78. The van der Waals surface area contributed by atoms with E-state index in [2.05, 4.69) is 31.2 Å². The summed E-state index contributed by atoms with van der Waals surface area (Å²) in [5.74, 6) is -0.279. The quantitative estimate of drug-likeness (QED) is 0.851. The van der Waals surface area contributed by atoms with E-state index in [-0.39, 0.29) is 11.1 Å². The lowest BCUT2D eigenvalue weighted by Crippen LogP contribution is -2.41. The molecule has 4 nitrogen and oxygen atoms in total. The molecular weight excluding hydrogens is 350 g/mol. The molecule has 0 aliphatic rings. The third kappa shape index (κ3) is 3.32. The second kappa shape index (κ2) is 5.56. The number of carbonyl (C=O) groups is 1. The lowest BCUT2D eigenvalue weighted by molar-refractivity contribution is 0.0911. The zero-order valence-corrected chi connectivity index (χ0v) is 13.4. The highest BCUT2D eigenvalue weighted by molar-refractivity contribution is 9.10. The fourth-order valence-electron chi connectivity index (χ4n) is 1.52. The molecule has 2 aromatic rings. The lowest BCUT2D eigenvalue weighted by Gasteiger charge is -2.24. The number of amides is 1. The van der Waals surface area contributed by atoms with Gasteiger partial charge in [0.25, 0.3) is 5.91 Å². The fourth-order valence-corrected chi connectivity index (χ4v) is 2.76. The number of pyridine rings is 1. The van der Waals surface area contributed by atoms with Crippen LogP contribution in [0.2, 0.25) is 5.15 Å². The molecule has 7 heteroatoms. The van der Waals surface area contributed by atoms with E-state index in [0.717, 1.165) is 5.01 Å². The van der Waals surface area contributed by atoms with Crippen molar-refractivity contribution < 1.29 is 4.79 Å². The molecule has 2 heterocycles. The van der Waals surface area contributed by atoms with Crippen LogP contribution in [-0.4, -0.2) is 15.9 Å². The van der Waals surface area contributed by atoms with Crippen LogP contribution in [0.15, 0.2) is 28.3 Å². The van der Waals surface area contributed by atoms with Gasteiger partial charge < -0.3 is 5.32 Å². The molecule has 19 heavy (non-hydrogen) atoms. The maximum absolute atomic E-state index is 12.2. The van der Waals surface area contributed by atoms with Crippen LogP contribution < -0.4 is 5.32 Å². The highest BCUT2D eigenvalue weighted by Gasteiger charge is 2.27. The van der Waals surface area contributed by atoms with Crippen LogP contribution >= 0.6 is 38.9 Å². The molecule has 100 valence electrons. The van der Waals surface area contributed by atoms with E-state index in [1.165, 1.54) is 11.3 Å². The van der Waals surface area contributed by atoms with E-state index in [1.54, 1.807) is 18.5 Å². The summed E-state index contributed by atoms with van der Waals surface area (Å²) in [6.07, 6.45) is 3.26. The summed E-state index contributed by atoms with van der Waals surface area (Å²) >= 11 is 10.7. The van der Waals surface area contributed by atoms with Gasteiger partial charge in [-0.1, -0.05) is 11.6 Å². The van der Waals surface area contributed by atoms with Crippen molar-refractivity contribution in [3.8, 4) is 0 Å². The van der Waals surface area contributed by atoms with Crippen molar-refractivity contribution in [3.63, 3.8) is 0 Å². The zero-order valence-electron chi connectivity index (χ0n) is 10.3. The Morgan fingerprint density at radius 2 is 2.21 bits per heavy atom. The Labute approximate surface area is 128 Å². The molecule has 2 rings (SSSR count). The average molecular weight is 361 g/mol. The third-order valence-corrected chi connectivity index (χ3v) is 4.27. The molecule has 0 aliphatic carbocycles. The predicted octanol–water partition coefficient (Wildman–Crippen LogP) is 3.62. The molecule has 0 bridgehead atoms. The van der Waals surface area contributed by atoms with Gasteiger partial charge in [0.15, 0.2) is 0 Å². The highest BCUT2D eigenvalue weighted by Crippen LogP contribution is 2.24. The Morgan fingerprint density at radius 1 is 1.47 bits per heavy atom. The van der Waals surface area contributed by atoms with Crippen LogP contribution in [-0.2, 0) is 5.54 Å². The summed E-state index contributed by atoms with van der Waals surface area (Å²) in [7, 11) is 0. The topological polar surface area (TPSA) is 54.9 Å². The van der Waals surface area contributed by atoms with E-state index in [1.807, 2.05) is 19.2 Å². The molecule has 0 saturated carbocycles. The molecule has 0 spiro atoms. The maximum atomic E-state index is 12.2. The summed E-state index contributed by atoms with van der Waals surface area (Å²) < 4.78 is 0.703. The monoisotopic (exact) mass is 359 g/mol. The average Bonchev–Trinajstić information content (AvgIpc) is 2.86. The van der Waals surface area contributed by atoms with Gasteiger partial charge in [0, 0.05) is 22.2 Å². The van der Waals surface area contributed by atoms with E-state index in [9.17, 15) is 4.79 Å². The Balaban J connectivity index is 2.24. The Kier molecular flexibility index (Phi) is 4.23. The van der Waals surface area contributed by atoms with Crippen molar-refractivity contribution >= 4 is 44.8 Å². The standard InChI is InChI=1S/C12H11BrClN3OS/c1-12(2,11-15-3-4-19-11)17-10(18)8-5-7(13)6-16-9(8)14/h3-6H,1-2H3,(H,17,18). The minimum Gasteiger partial charge on any atom is -0.341 e. The smallest absolute Gasteiger partial charge is 0.255 e. The number of hydrogen-bond donors (Lipinski definition) is 1. The van der Waals surface area contributed by atoms with Gasteiger partial charge in [-0.05, 0) is 35.8 Å². The SMILES string of the molecule is CC(C)(NC(=O)c1cc(Br)cnc1Cl)c1nccs1. The van der Waals surface area contributed by atoms with E-state index >= 15 is 0 Å². The van der Waals surface area contributed by atoms with Crippen LogP contribution in [0, 0.1) is 0 Å². The van der Waals surface area contributed by atoms with Crippen LogP contribution in [0.25, 0.3) is 0 Å². The van der Waals surface area contributed by atoms with Crippen LogP contribution in [0.1, 0.15) is 29.2 Å². The first kappa shape index (κ1) is 14.4. The molecule has 1 N–H and O–H groups in total. The molecule has 0 fully saturated rings. The number of carbonyl (C=O) groups excluding carboxylic acids is 1. The second-order valence-corrected chi connectivity index (χ2v) is 6.58. The normalized spacial score (nSPS) is 11.4. The van der Waals surface area contributed by atoms with Crippen LogP contribution in [0.5, 0.6) is 0 Å². The molecule has 0 saturated heterocycles. The van der Waals surface area contributed by atoms with Crippen molar-refractivity contribution in [2.24, 2.45) is 0 Å². The number of nitrogens with zero attached hydrogens (tertiary/aromatic N) is 2. The third-order valence-electron chi connectivity index (χ3n) is 2.44. The Morgan fingerprint density at radius 3 is 2.84 bits per heavy atom. The fraction of sp³-hybridized carbons (Fsp3) is 0.250. The molecule has 0 aliphatic heterocycles. The van der Waals surface area contributed by atoms with Crippen LogP contribution in [0.3, 0.4) is 0 Å². The molecule has 0 unspecified atom stereocenters. The second-order valence-electron chi connectivity index (χ2n) is 4.41. The van der Waals surface area contributed by atoms with E-state index in [4.69, 9.17) is 11.6 Å². The lowest BCUT2D eigenvalue weighted by atomic mass is 10.1. The van der Waals surface area contributed by atoms with Crippen molar-refractivity contribution in [2.45, 2.75) is 19.4 Å². The predicted molar refractivity (Wildman–Crippen MR) is 79.6 cm³/mol. The Hall–Kier alpha value is -0.980. The molecule has 2 aromatic heterocycles. The van der Waals surface area contributed by atoms with Crippen LogP contribution in [0.4, 0.5) is 0 Å². The van der Waals surface area contributed by atoms with Gasteiger partial charge in [-0.3, -0.25) is 4.79 Å². The van der Waals surface area contributed by atoms with Crippen molar-refractivity contribution in [2.75, 3.05) is 0 Å². The minimum atomic E-state index is -0.559. The number of rotatable bonds is 3. The summed E-state index contributed by atoms with van der Waals surface area (Å²) in [5.41, 5.74) is -0.225. The van der Waals surface area contributed by atoms with Gasteiger partial charge in [0.1, 0.15) is 10.2 Å². The summed E-state index contributed by atoms with van der Waals surface area (Å²) in [5, 5.41) is 5.79. The van der Waals surface area contributed by atoms with Crippen molar-refractivity contribution in [3.05, 3.63) is 44.0 Å². The zero-order chi connectivity index (χ0) is 14.0. The van der Waals surface area contributed by atoms with Gasteiger partial charge in [-0.25, -0.2) is 9.97 Å². The largest absolute Gasteiger partial charge is 0.341 e. The first-order valence-electron chi connectivity index (χ1n) is 5.43. The van der Waals surface area contributed by atoms with E-state index in [0.29, 0.717) is 10.0 Å². The van der Waals surface area contributed by atoms with E-state index < -0.39 is 5.54 Å².